The van der Waals surface area contributed by atoms with Crippen LogP contribution in [-0.2, 0) is 9.47 Å². The molecule has 1 aromatic carbocycles. The third-order valence-corrected chi connectivity index (χ3v) is 5.54. The highest BCUT2D eigenvalue weighted by molar-refractivity contribution is 9.10. The standard InChI is InChI=1S/C17H23BrO3/c1-12-2-3-14(15(18)10-12)16(19)13-4-7-21-17(11-13)5-8-20-9-6-17/h2-3,10,13,16,19H,4-9,11H2,1H3. The molecule has 2 fully saturated rings. The molecule has 2 unspecified atom stereocenters. The van der Waals surface area contributed by atoms with Gasteiger partial charge in [-0.25, -0.2) is 0 Å². The van der Waals surface area contributed by atoms with Crippen molar-refractivity contribution in [2.24, 2.45) is 5.92 Å². The van der Waals surface area contributed by atoms with E-state index >= 15 is 0 Å². The largest absolute Gasteiger partial charge is 0.388 e. The summed E-state index contributed by atoms with van der Waals surface area (Å²) in [6.45, 7) is 4.35. The van der Waals surface area contributed by atoms with Gasteiger partial charge in [0.25, 0.3) is 0 Å². The van der Waals surface area contributed by atoms with E-state index in [9.17, 15) is 5.11 Å². The van der Waals surface area contributed by atoms with Gasteiger partial charge in [0.1, 0.15) is 0 Å². The van der Waals surface area contributed by atoms with E-state index in [1.165, 1.54) is 5.56 Å². The molecular formula is C17H23BrO3. The van der Waals surface area contributed by atoms with Gasteiger partial charge in [-0.15, -0.1) is 0 Å². The molecule has 2 atom stereocenters. The van der Waals surface area contributed by atoms with Crippen LogP contribution in [0.2, 0.25) is 0 Å². The SMILES string of the molecule is Cc1ccc(C(O)C2CCOC3(CCOCC3)C2)c(Br)c1. The van der Waals surface area contributed by atoms with Crippen molar-refractivity contribution >= 4 is 15.9 Å². The van der Waals surface area contributed by atoms with Gasteiger partial charge in [0.2, 0.25) is 0 Å². The lowest BCUT2D eigenvalue weighted by atomic mass is 9.77. The first-order chi connectivity index (χ1) is 10.1. The zero-order valence-corrected chi connectivity index (χ0v) is 14.1. The van der Waals surface area contributed by atoms with Gasteiger partial charge in [0, 0.05) is 24.3 Å². The van der Waals surface area contributed by atoms with E-state index in [4.69, 9.17) is 9.47 Å². The van der Waals surface area contributed by atoms with Crippen molar-refractivity contribution < 1.29 is 14.6 Å². The summed E-state index contributed by atoms with van der Waals surface area (Å²) < 4.78 is 12.5. The molecule has 0 radical (unpaired) electrons. The molecule has 1 aromatic rings. The van der Waals surface area contributed by atoms with Gasteiger partial charge in [-0.3, -0.25) is 0 Å². The van der Waals surface area contributed by atoms with Gasteiger partial charge in [0.15, 0.2) is 0 Å². The van der Waals surface area contributed by atoms with Crippen LogP contribution in [0.15, 0.2) is 22.7 Å². The van der Waals surface area contributed by atoms with Crippen LogP contribution in [0.25, 0.3) is 0 Å². The minimum atomic E-state index is -0.427. The Hall–Kier alpha value is -0.420. The monoisotopic (exact) mass is 354 g/mol. The number of hydrogen-bond acceptors (Lipinski definition) is 3. The first-order valence-electron chi connectivity index (χ1n) is 7.75. The second-order valence-electron chi connectivity index (χ2n) is 6.37. The fraction of sp³-hybridized carbons (Fsp3) is 0.647. The van der Waals surface area contributed by atoms with Crippen molar-refractivity contribution in [1.82, 2.24) is 0 Å². The topological polar surface area (TPSA) is 38.7 Å². The van der Waals surface area contributed by atoms with Gasteiger partial charge in [-0.2, -0.15) is 0 Å². The van der Waals surface area contributed by atoms with E-state index in [-0.39, 0.29) is 11.5 Å². The number of ether oxygens (including phenoxy) is 2. The average Bonchev–Trinajstić information content (AvgIpc) is 2.47. The Morgan fingerprint density at radius 1 is 1.29 bits per heavy atom. The quantitative estimate of drug-likeness (QED) is 0.878. The van der Waals surface area contributed by atoms with E-state index in [0.717, 1.165) is 55.5 Å². The molecule has 1 spiro atoms. The Bertz CT molecular complexity index is 491. The molecule has 0 aromatic heterocycles. The van der Waals surface area contributed by atoms with E-state index in [0.29, 0.717) is 0 Å². The van der Waals surface area contributed by atoms with Gasteiger partial charge in [-0.1, -0.05) is 28.1 Å². The maximum atomic E-state index is 10.8. The smallest absolute Gasteiger partial charge is 0.0831 e. The van der Waals surface area contributed by atoms with Crippen LogP contribution in [-0.4, -0.2) is 30.5 Å². The summed E-state index contributed by atoms with van der Waals surface area (Å²) in [5.74, 6) is 0.260. The van der Waals surface area contributed by atoms with E-state index < -0.39 is 6.10 Å². The Morgan fingerprint density at radius 3 is 2.76 bits per heavy atom. The lowest BCUT2D eigenvalue weighted by Crippen LogP contribution is -2.45. The number of halogens is 1. The van der Waals surface area contributed by atoms with Crippen LogP contribution in [0.3, 0.4) is 0 Å². The molecule has 1 N–H and O–H groups in total. The maximum absolute atomic E-state index is 10.8. The zero-order valence-electron chi connectivity index (χ0n) is 12.5. The second kappa shape index (κ2) is 6.37. The lowest BCUT2D eigenvalue weighted by molar-refractivity contribution is -0.159. The van der Waals surface area contributed by atoms with Crippen molar-refractivity contribution in [1.29, 1.82) is 0 Å². The van der Waals surface area contributed by atoms with Crippen LogP contribution in [0.5, 0.6) is 0 Å². The summed E-state index contributed by atoms with van der Waals surface area (Å²) in [5.41, 5.74) is 2.12. The first-order valence-corrected chi connectivity index (χ1v) is 8.55. The molecular weight excluding hydrogens is 332 g/mol. The van der Waals surface area contributed by atoms with E-state index in [1.54, 1.807) is 0 Å². The van der Waals surface area contributed by atoms with E-state index in [2.05, 4.69) is 35.0 Å². The van der Waals surface area contributed by atoms with Gasteiger partial charge < -0.3 is 14.6 Å². The van der Waals surface area contributed by atoms with Gasteiger partial charge >= 0.3 is 0 Å². The first kappa shape index (κ1) is 15.5. The summed E-state index contributed by atoms with van der Waals surface area (Å²) >= 11 is 3.59. The molecule has 4 heteroatoms. The highest BCUT2D eigenvalue weighted by atomic mass is 79.9. The third-order valence-electron chi connectivity index (χ3n) is 4.86. The Balaban J connectivity index is 1.76. The molecule has 21 heavy (non-hydrogen) atoms. The normalized spacial score (nSPS) is 26.7. The summed E-state index contributed by atoms with van der Waals surface area (Å²) in [6, 6.07) is 6.17. The molecule has 2 heterocycles. The molecule has 0 saturated carbocycles. The van der Waals surface area contributed by atoms with Crippen molar-refractivity contribution in [3.8, 4) is 0 Å². The Morgan fingerprint density at radius 2 is 2.05 bits per heavy atom. The maximum Gasteiger partial charge on any atom is 0.0831 e. The molecule has 116 valence electrons. The average molecular weight is 355 g/mol. The number of hydrogen-bond donors (Lipinski definition) is 1. The third kappa shape index (κ3) is 3.34. The molecule has 2 saturated heterocycles. The summed E-state index contributed by atoms with van der Waals surface area (Å²) in [5, 5.41) is 10.8. The van der Waals surface area contributed by atoms with Crippen LogP contribution in [0, 0.1) is 12.8 Å². The molecule has 0 bridgehead atoms. The molecule has 2 aliphatic rings. The minimum Gasteiger partial charge on any atom is -0.388 e. The fourth-order valence-corrected chi connectivity index (χ4v) is 4.28. The zero-order chi connectivity index (χ0) is 14.9. The van der Waals surface area contributed by atoms with Crippen molar-refractivity contribution in [2.75, 3.05) is 19.8 Å². The summed E-state index contributed by atoms with van der Waals surface area (Å²) in [6.07, 6.45) is 3.32. The molecule has 3 rings (SSSR count). The van der Waals surface area contributed by atoms with Crippen LogP contribution in [0.4, 0.5) is 0 Å². The molecule has 3 nitrogen and oxygen atoms in total. The summed E-state index contributed by atoms with van der Waals surface area (Å²) in [7, 11) is 0. The number of aliphatic hydroxyl groups excluding tert-OH is 1. The molecule has 2 aliphatic heterocycles. The number of aliphatic hydroxyl groups is 1. The number of benzene rings is 1. The second-order valence-corrected chi connectivity index (χ2v) is 7.22. The molecule has 0 amide bonds. The van der Waals surface area contributed by atoms with Crippen LogP contribution < -0.4 is 0 Å². The highest BCUT2D eigenvalue weighted by Crippen LogP contribution is 2.43. The van der Waals surface area contributed by atoms with Crippen molar-refractivity contribution in [3.05, 3.63) is 33.8 Å². The Labute approximate surface area is 134 Å². The fourth-order valence-electron chi connectivity index (χ4n) is 3.55. The summed E-state index contributed by atoms with van der Waals surface area (Å²) in [4.78, 5) is 0. The van der Waals surface area contributed by atoms with Gasteiger partial charge in [-0.05, 0) is 55.7 Å². The molecule has 0 aliphatic carbocycles. The van der Waals surface area contributed by atoms with Crippen molar-refractivity contribution in [3.63, 3.8) is 0 Å². The number of aryl methyl sites for hydroxylation is 1. The predicted molar refractivity (Wildman–Crippen MR) is 85.3 cm³/mol. The highest BCUT2D eigenvalue weighted by Gasteiger charge is 2.41. The van der Waals surface area contributed by atoms with Crippen LogP contribution in [0.1, 0.15) is 42.9 Å². The minimum absolute atomic E-state index is 0.0701. The number of rotatable bonds is 2. The lowest BCUT2D eigenvalue weighted by Gasteiger charge is -2.44. The van der Waals surface area contributed by atoms with Crippen molar-refractivity contribution in [2.45, 2.75) is 44.3 Å². The predicted octanol–water partition coefficient (Wildman–Crippen LogP) is 3.77. The van der Waals surface area contributed by atoms with E-state index in [1.807, 2.05) is 6.07 Å². The van der Waals surface area contributed by atoms with Gasteiger partial charge in [0.05, 0.1) is 11.7 Å². The Kier molecular flexibility index (Phi) is 4.69. The van der Waals surface area contributed by atoms with Crippen LogP contribution >= 0.6 is 15.9 Å².